The highest BCUT2D eigenvalue weighted by molar-refractivity contribution is 5.47. The number of rotatable bonds is 2. The van der Waals surface area contributed by atoms with Crippen LogP contribution in [0.4, 0.5) is 18.9 Å². The van der Waals surface area contributed by atoms with E-state index in [0.29, 0.717) is 5.69 Å². The maximum atomic E-state index is 12.3. The Bertz CT molecular complexity index is 377. The molecule has 2 rings (SSSR count). The molecule has 1 fully saturated rings. The molecular weight excluding hydrogens is 233 g/mol. The zero-order valence-corrected chi connectivity index (χ0v) is 9.11. The number of aromatic nitrogens is 1. The number of alkyl halides is 3. The van der Waals surface area contributed by atoms with E-state index in [-0.39, 0.29) is 12.6 Å². The summed E-state index contributed by atoms with van der Waals surface area (Å²) in [6, 6.07) is 2.37. The van der Waals surface area contributed by atoms with Gasteiger partial charge in [0, 0.05) is 6.54 Å². The van der Waals surface area contributed by atoms with Crippen LogP contribution in [-0.4, -0.2) is 29.3 Å². The van der Waals surface area contributed by atoms with Crippen molar-refractivity contribution in [2.75, 3.05) is 18.1 Å². The monoisotopic (exact) mass is 246 g/mol. The van der Waals surface area contributed by atoms with Gasteiger partial charge in [0.1, 0.15) is 5.69 Å². The predicted octanol–water partition coefficient (Wildman–Crippen LogP) is 2.06. The van der Waals surface area contributed by atoms with Gasteiger partial charge in [0.05, 0.1) is 24.5 Å². The Labute approximate surface area is 96.9 Å². The first-order valence-corrected chi connectivity index (χ1v) is 5.43. The summed E-state index contributed by atoms with van der Waals surface area (Å²) in [6.07, 6.45) is -1.39. The molecule has 0 radical (unpaired) electrons. The van der Waals surface area contributed by atoms with Crippen LogP contribution in [0.15, 0.2) is 18.3 Å². The predicted molar refractivity (Wildman–Crippen MR) is 56.7 cm³/mol. The van der Waals surface area contributed by atoms with Crippen molar-refractivity contribution in [3.05, 3.63) is 24.0 Å². The highest BCUT2D eigenvalue weighted by Gasteiger charge is 2.32. The molecule has 6 heteroatoms. The number of aliphatic hydroxyl groups is 1. The fourth-order valence-corrected chi connectivity index (χ4v) is 2.09. The van der Waals surface area contributed by atoms with Gasteiger partial charge in [0.15, 0.2) is 0 Å². The standard InChI is InChI=1S/C11H13F3N2O/c12-11(13,14)10-4-3-8(6-15-10)16-5-1-2-9(16)7-17/h3-4,6,9,17H,1-2,5,7H2/t9-/m1/s1. The third kappa shape index (κ3) is 2.52. The molecule has 0 unspecified atom stereocenters. The van der Waals surface area contributed by atoms with Gasteiger partial charge < -0.3 is 10.0 Å². The molecular formula is C11H13F3N2O. The molecule has 0 saturated carbocycles. The first kappa shape index (κ1) is 12.2. The molecule has 0 aliphatic carbocycles. The molecule has 1 aromatic rings. The van der Waals surface area contributed by atoms with Crippen molar-refractivity contribution in [1.82, 2.24) is 4.98 Å². The molecule has 2 heterocycles. The number of hydrogen-bond acceptors (Lipinski definition) is 3. The average molecular weight is 246 g/mol. The van der Waals surface area contributed by atoms with E-state index in [1.807, 2.05) is 4.90 Å². The zero-order valence-electron chi connectivity index (χ0n) is 9.11. The summed E-state index contributed by atoms with van der Waals surface area (Å²) in [5, 5.41) is 9.14. The lowest BCUT2D eigenvalue weighted by atomic mass is 10.2. The molecule has 0 spiro atoms. The van der Waals surface area contributed by atoms with Gasteiger partial charge >= 0.3 is 6.18 Å². The van der Waals surface area contributed by atoms with Crippen LogP contribution in [0.5, 0.6) is 0 Å². The Balaban J connectivity index is 2.18. The summed E-state index contributed by atoms with van der Waals surface area (Å²) in [6.45, 7) is 0.763. The van der Waals surface area contributed by atoms with Crippen LogP contribution >= 0.6 is 0 Å². The number of halogens is 3. The lowest BCUT2D eigenvalue weighted by molar-refractivity contribution is -0.141. The van der Waals surface area contributed by atoms with Gasteiger partial charge in [-0.2, -0.15) is 13.2 Å². The molecule has 1 atom stereocenters. The average Bonchev–Trinajstić information content (AvgIpc) is 2.76. The van der Waals surface area contributed by atoms with E-state index < -0.39 is 11.9 Å². The Hall–Kier alpha value is -1.30. The fourth-order valence-electron chi connectivity index (χ4n) is 2.09. The Kier molecular flexibility index (Phi) is 3.24. The van der Waals surface area contributed by atoms with E-state index in [1.54, 1.807) is 0 Å². The van der Waals surface area contributed by atoms with Crippen molar-refractivity contribution in [3.8, 4) is 0 Å². The van der Waals surface area contributed by atoms with Gasteiger partial charge in [-0.05, 0) is 25.0 Å². The molecule has 0 aromatic carbocycles. The van der Waals surface area contributed by atoms with Gasteiger partial charge in [-0.3, -0.25) is 0 Å². The Morgan fingerprint density at radius 3 is 2.71 bits per heavy atom. The van der Waals surface area contributed by atoms with E-state index in [2.05, 4.69) is 4.98 Å². The van der Waals surface area contributed by atoms with Crippen molar-refractivity contribution in [3.63, 3.8) is 0 Å². The molecule has 0 bridgehead atoms. The fraction of sp³-hybridized carbons (Fsp3) is 0.545. The van der Waals surface area contributed by atoms with Crippen molar-refractivity contribution in [2.45, 2.75) is 25.1 Å². The minimum absolute atomic E-state index is 0.00598. The van der Waals surface area contributed by atoms with E-state index in [9.17, 15) is 13.2 Å². The summed E-state index contributed by atoms with van der Waals surface area (Å²) in [5.41, 5.74) is -0.254. The highest BCUT2D eigenvalue weighted by atomic mass is 19.4. The van der Waals surface area contributed by atoms with Crippen LogP contribution in [0.1, 0.15) is 18.5 Å². The van der Waals surface area contributed by atoms with Crippen LogP contribution in [0, 0.1) is 0 Å². The van der Waals surface area contributed by atoms with Crippen LogP contribution in [-0.2, 0) is 6.18 Å². The van der Waals surface area contributed by atoms with Crippen LogP contribution in [0.3, 0.4) is 0 Å². The second-order valence-corrected chi connectivity index (χ2v) is 4.07. The van der Waals surface area contributed by atoms with E-state index in [0.717, 1.165) is 25.5 Å². The van der Waals surface area contributed by atoms with Crippen molar-refractivity contribution >= 4 is 5.69 Å². The molecule has 94 valence electrons. The molecule has 1 saturated heterocycles. The SMILES string of the molecule is OC[C@H]1CCCN1c1ccc(C(F)(F)F)nc1. The number of aliphatic hydroxyl groups excluding tert-OH is 1. The van der Waals surface area contributed by atoms with Gasteiger partial charge in [-0.25, -0.2) is 4.98 Å². The largest absolute Gasteiger partial charge is 0.433 e. The van der Waals surface area contributed by atoms with Crippen LogP contribution < -0.4 is 4.90 Å². The minimum atomic E-state index is -4.40. The number of anilines is 1. The quantitative estimate of drug-likeness (QED) is 0.867. The normalized spacial score (nSPS) is 20.9. The van der Waals surface area contributed by atoms with Crippen LogP contribution in [0.2, 0.25) is 0 Å². The van der Waals surface area contributed by atoms with Crippen molar-refractivity contribution < 1.29 is 18.3 Å². The Morgan fingerprint density at radius 1 is 1.41 bits per heavy atom. The number of pyridine rings is 1. The summed E-state index contributed by atoms with van der Waals surface area (Å²) < 4.78 is 37.0. The second kappa shape index (κ2) is 4.52. The molecule has 1 aliphatic heterocycles. The lowest BCUT2D eigenvalue weighted by Crippen LogP contribution is -2.32. The Morgan fingerprint density at radius 2 is 2.18 bits per heavy atom. The third-order valence-electron chi connectivity index (χ3n) is 2.96. The molecule has 1 N–H and O–H groups in total. The zero-order chi connectivity index (χ0) is 12.5. The molecule has 17 heavy (non-hydrogen) atoms. The van der Waals surface area contributed by atoms with Gasteiger partial charge in [-0.15, -0.1) is 0 Å². The number of nitrogens with zero attached hydrogens (tertiary/aromatic N) is 2. The number of hydrogen-bond donors (Lipinski definition) is 1. The van der Waals surface area contributed by atoms with Crippen LogP contribution in [0.25, 0.3) is 0 Å². The van der Waals surface area contributed by atoms with E-state index in [1.165, 1.54) is 12.3 Å². The van der Waals surface area contributed by atoms with Crippen molar-refractivity contribution in [1.29, 1.82) is 0 Å². The molecule has 3 nitrogen and oxygen atoms in total. The molecule has 0 amide bonds. The maximum Gasteiger partial charge on any atom is 0.433 e. The van der Waals surface area contributed by atoms with Crippen molar-refractivity contribution in [2.24, 2.45) is 0 Å². The summed E-state index contributed by atoms with van der Waals surface area (Å²) in [4.78, 5) is 5.31. The smallest absolute Gasteiger partial charge is 0.394 e. The van der Waals surface area contributed by atoms with Gasteiger partial charge in [-0.1, -0.05) is 0 Å². The first-order chi connectivity index (χ1) is 8.02. The third-order valence-corrected chi connectivity index (χ3v) is 2.96. The minimum Gasteiger partial charge on any atom is -0.394 e. The first-order valence-electron chi connectivity index (χ1n) is 5.43. The summed E-state index contributed by atoms with van der Waals surface area (Å²) >= 11 is 0. The van der Waals surface area contributed by atoms with Gasteiger partial charge in [0.25, 0.3) is 0 Å². The van der Waals surface area contributed by atoms with E-state index in [4.69, 9.17) is 5.11 Å². The summed E-state index contributed by atoms with van der Waals surface area (Å²) in [5.74, 6) is 0. The molecule has 1 aliphatic rings. The van der Waals surface area contributed by atoms with E-state index >= 15 is 0 Å². The molecule has 1 aromatic heterocycles. The highest BCUT2D eigenvalue weighted by Crippen LogP contribution is 2.30. The van der Waals surface area contributed by atoms with Gasteiger partial charge in [0.2, 0.25) is 0 Å². The lowest BCUT2D eigenvalue weighted by Gasteiger charge is -2.25. The second-order valence-electron chi connectivity index (χ2n) is 4.07. The maximum absolute atomic E-state index is 12.3. The summed E-state index contributed by atoms with van der Waals surface area (Å²) in [7, 11) is 0. The topological polar surface area (TPSA) is 36.4 Å².